The lowest BCUT2D eigenvalue weighted by Crippen LogP contribution is -2.28. The van der Waals surface area contributed by atoms with Crippen LogP contribution in [0.5, 0.6) is 17.2 Å². The molecule has 1 fully saturated rings. The molecule has 2 heterocycles. The molecule has 0 spiro atoms. The van der Waals surface area contributed by atoms with Crippen molar-refractivity contribution in [2.45, 2.75) is 6.42 Å². The van der Waals surface area contributed by atoms with Gasteiger partial charge in [-0.25, -0.2) is 0 Å². The molecule has 7 nitrogen and oxygen atoms in total. The average Bonchev–Trinajstić information content (AvgIpc) is 3.03. The minimum Gasteiger partial charge on any atom is -0.508 e. The summed E-state index contributed by atoms with van der Waals surface area (Å²) in [6, 6.07) is 11.7. The SMILES string of the molecule is O=C(Nc1cccc(O)c1)[C@@H]1CC(=O)N(c2ccc3c(c2)OCCO3)C1. The zero-order valence-electron chi connectivity index (χ0n) is 14.0. The number of hydrogen-bond donors (Lipinski definition) is 2. The Morgan fingerprint density at radius 3 is 2.73 bits per heavy atom. The second-order valence-electron chi connectivity index (χ2n) is 6.27. The topological polar surface area (TPSA) is 88.1 Å². The molecule has 0 bridgehead atoms. The Bertz CT molecular complexity index is 867. The average molecular weight is 354 g/mol. The number of phenolic OH excluding ortho intramolecular Hbond substituents is 1. The second kappa shape index (κ2) is 6.59. The first-order valence-electron chi connectivity index (χ1n) is 8.40. The van der Waals surface area contributed by atoms with Crippen LogP contribution < -0.4 is 19.7 Å². The van der Waals surface area contributed by atoms with Crippen molar-refractivity contribution in [3.05, 3.63) is 42.5 Å². The number of aromatic hydroxyl groups is 1. The Balaban J connectivity index is 1.47. The Morgan fingerprint density at radius 1 is 1.12 bits per heavy atom. The number of fused-ring (bicyclic) bond motifs is 1. The number of carbonyl (C=O) groups excluding carboxylic acids is 2. The number of anilines is 2. The standard InChI is InChI=1S/C19H18N2O5/c22-15-3-1-2-13(9-15)20-19(24)12-8-18(23)21(11-12)14-4-5-16-17(10-14)26-7-6-25-16/h1-5,9-10,12,22H,6-8,11H2,(H,20,24)/t12-/m1/s1. The lowest BCUT2D eigenvalue weighted by atomic mass is 10.1. The zero-order valence-corrected chi connectivity index (χ0v) is 14.0. The molecule has 2 aliphatic heterocycles. The molecule has 0 unspecified atom stereocenters. The highest BCUT2D eigenvalue weighted by Gasteiger charge is 2.35. The largest absolute Gasteiger partial charge is 0.508 e. The van der Waals surface area contributed by atoms with E-state index < -0.39 is 5.92 Å². The van der Waals surface area contributed by atoms with Crippen molar-refractivity contribution in [1.29, 1.82) is 0 Å². The van der Waals surface area contributed by atoms with E-state index in [1.807, 2.05) is 0 Å². The first-order valence-corrected chi connectivity index (χ1v) is 8.40. The van der Waals surface area contributed by atoms with Crippen molar-refractivity contribution in [2.75, 3.05) is 30.0 Å². The third-order valence-corrected chi connectivity index (χ3v) is 4.45. The summed E-state index contributed by atoms with van der Waals surface area (Å²) in [5, 5.41) is 12.2. The molecular formula is C19H18N2O5. The number of carbonyl (C=O) groups is 2. The predicted octanol–water partition coefficient (Wildman–Crippen LogP) is 2.16. The fourth-order valence-corrected chi connectivity index (χ4v) is 3.16. The molecule has 7 heteroatoms. The lowest BCUT2D eigenvalue weighted by Gasteiger charge is -2.22. The fourth-order valence-electron chi connectivity index (χ4n) is 3.16. The van der Waals surface area contributed by atoms with E-state index in [1.165, 1.54) is 12.1 Å². The molecule has 2 aromatic rings. The zero-order chi connectivity index (χ0) is 18.1. The maximum absolute atomic E-state index is 12.5. The summed E-state index contributed by atoms with van der Waals surface area (Å²) in [6.07, 6.45) is 0.138. The molecular weight excluding hydrogens is 336 g/mol. The van der Waals surface area contributed by atoms with Crippen molar-refractivity contribution in [2.24, 2.45) is 5.92 Å². The Hall–Kier alpha value is -3.22. The van der Waals surface area contributed by atoms with Crippen LogP contribution in [0.15, 0.2) is 42.5 Å². The van der Waals surface area contributed by atoms with Crippen LogP contribution in [-0.4, -0.2) is 36.7 Å². The van der Waals surface area contributed by atoms with E-state index in [1.54, 1.807) is 35.2 Å². The van der Waals surface area contributed by atoms with Crippen molar-refractivity contribution in [1.82, 2.24) is 0 Å². The summed E-state index contributed by atoms with van der Waals surface area (Å²) in [5.41, 5.74) is 1.19. The third kappa shape index (κ3) is 3.15. The van der Waals surface area contributed by atoms with Gasteiger partial charge in [0, 0.05) is 36.5 Å². The fraction of sp³-hybridized carbons (Fsp3) is 0.263. The van der Waals surface area contributed by atoms with Crippen LogP contribution in [0, 0.1) is 5.92 Å². The molecule has 2 amide bonds. The molecule has 0 saturated carbocycles. The summed E-state index contributed by atoms with van der Waals surface area (Å²) in [6.45, 7) is 1.27. The quantitative estimate of drug-likeness (QED) is 0.882. The summed E-state index contributed by atoms with van der Waals surface area (Å²) in [7, 11) is 0. The number of nitrogens with zero attached hydrogens (tertiary/aromatic N) is 1. The van der Waals surface area contributed by atoms with E-state index >= 15 is 0 Å². The van der Waals surface area contributed by atoms with Gasteiger partial charge in [-0.2, -0.15) is 0 Å². The number of phenols is 1. The third-order valence-electron chi connectivity index (χ3n) is 4.45. The van der Waals surface area contributed by atoms with Gasteiger partial charge in [-0.15, -0.1) is 0 Å². The van der Waals surface area contributed by atoms with Gasteiger partial charge in [-0.1, -0.05) is 6.07 Å². The molecule has 1 atom stereocenters. The van der Waals surface area contributed by atoms with Gasteiger partial charge in [-0.05, 0) is 24.3 Å². The second-order valence-corrected chi connectivity index (χ2v) is 6.27. The summed E-state index contributed by atoms with van der Waals surface area (Å²) >= 11 is 0. The Kier molecular flexibility index (Phi) is 4.12. The molecule has 2 aliphatic rings. The van der Waals surface area contributed by atoms with Gasteiger partial charge in [0.25, 0.3) is 0 Å². The first-order chi connectivity index (χ1) is 12.6. The van der Waals surface area contributed by atoms with Gasteiger partial charge in [0.05, 0.1) is 5.92 Å². The van der Waals surface area contributed by atoms with Gasteiger partial charge in [-0.3, -0.25) is 9.59 Å². The highest BCUT2D eigenvalue weighted by atomic mass is 16.6. The molecule has 2 aromatic carbocycles. The Morgan fingerprint density at radius 2 is 1.92 bits per heavy atom. The highest BCUT2D eigenvalue weighted by molar-refractivity contribution is 6.03. The van der Waals surface area contributed by atoms with Gasteiger partial charge >= 0.3 is 0 Å². The van der Waals surface area contributed by atoms with Crippen LogP contribution in [0.4, 0.5) is 11.4 Å². The molecule has 0 aromatic heterocycles. The normalized spacial score (nSPS) is 18.7. The van der Waals surface area contributed by atoms with Gasteiger partial charge in [0.15, 0.2) is 11.5 Å². The van der Waals surface area contributed by atoms with Gasteiger partial charge < -0.3 is 24.8 Å². The molecule has 0 radical (unpaired) electrons. The number of hydrogen-bond acceptors (Lipinski definition) is 5. The maximum Gasteiger partial charge on any atom is 0.229 e. The van der Waals surface area contributed by atoms with E-state index in [0.717, 1.165) is 0 Å². The summed E-state index contributed by atoms with van der Waals surface area (Å²) in [5.74, 6) is 0.516. The van der Waals surface area contributed by atoms with Gasteiger partial charge in [0.1, 0.15) is 19.0 Å². The lowest BCUT2D eigenvalue weighted by molar-refractivity contribution is -0.122. The molecule has 2 N–H and O–H groups in total. The number of benzene rings is 2. The van der Waals surface area contributed by atoms with E-state index in [4.69, 9.17) is 9.47 Å². The smallest absolute Gasteiger partial charge is 0.229 e. The van der Waals surface area contributed by atoms with E-state index in [9.17, 15) is 14.7 Å². The highest BCUT2D eigenvalue weighted by Crippen LogP contribution is 2.36. The minimum absolute atomic E-state index is 0.0724. The maximum atomic E-state index is 12.5. The Labute approximate surface area is 150 Å². The van der Waals surface area contributed by atoms with Crippen LogP contribution in [0.3, 0.4) is 0 Å². The van der Waals surface area contributed by atoms with Crippen molar-refractivity contribution >= 4 is 23.2 Å². The molecule has 0 aliphatic carbocycles. The monoisotopic (exact) mass is 354 g/mol. The van der Waals surface area contributed by atoms with Crippen LogP contribution in [-0.2, 0) is 9.59 Å². The van der Waals surface area contributed by atoms with E-state index in [-0.39, 0.29) is 24.0 Å². The van der Waals surface area contributed by atoms with Crippen molar-refractivity contribution < 1.29 is 24.2 Å². The summed E-state index contributed by atoms with van der Waals surface area (Å²) < 4.78 is 11.0. The predicted molar refractivity (Wildman–Crippen MR) is 94.6 cm³/mol. The van der Waals surface area contributed by atoms with Crippen LogP contribution in [0.25, 0.3) is 0 Å². The summed E-state index contributed by atoms with van der Waals surface area (Å²) in [4.78, 5) is 26.5. The first kappa shape index (κ1) is 16.3. The minimum atomic E-state index is -0.460. The number of amides is 2. The molecule has 134 valence electrons. The van der Waals surface area contributed by atoms with Crippen molar-refractivity contribution in [3.8, 4) is 17.2 Å². The van der Waals surface area contributed by atoms with Crippen LogP contribution in [0.1, 0.15) is 6.42 Å². The van der Waals surface area contributed by atoms with E-state index in [0.29, 0.717) is 42.6 Å². The van der Waals surface area contributed by atoms with Crippen LogP contribution >= 0.6 is 0 Å². The number of rotatable bonds is 3. The number of nitrogens with one attached hydrogen (secondary N) is 1. The number of ether oxygens (including phenoxy) is 2. The van der Waals surface area contributed by atoms with Crippen LogP contribution in [0.2, 0.25) is 0 Å². The molecule has 4 rings (SSSR count). The van der Waals surface area contributed by atoms with E-state index in [2.05, 4.69) is 5.32 Å². The molecule has 26 heavy (non-hydrogen) atoms. The van der Waals surface area contributed by atoms with Crippen molar-refractivity contribution in [3.63, 3.8) is 0 Å². The van der Waals surface area contributed by atoms with Gasteiger partial charge in [0.2, 0.25) is 11.8 Å². The molecule has 1 saturated heterocycles.